The Bertz CT molecular complexity index is 1320. The number of hydrogen-bond acceptors (Lipinski definition) is 2. The molecule has 3 aromatic carbocycles. The number of carbonyl (C=O) groups excluding carboxylic acids is 1. The van der Waals surface area contributed by atoms with Crippen LogP contribution in [0.1, 0.15) is 40.9 Å². The molecule has 2 N–H and O–H groups in total. The number of amides is 1. The lowest BCUT2D eigenvalue weighted by molar-refractivity contribution is -0.133. The van der Waals surface area contributed by atoms with Crippen molar-refractivity contribution in [2.45, 2.75) is 31.5 Å². The third kappa shape index (κ3) is 4.73. The zero-order chi connectivity index (χ0) is 25.1. The molecule has 1 saturated heterocycles. The molecule has 5 heteroatoms. The number of benzene rings is 3. The van der Waals surface area contributed by atoms with Crippen molar-refractivity contribution in [3.8, 4) is 0 Å². The number of nitrogens with one attached hydrogen (secondary N) is 2. The quantitative estimate of drug-likeness (QED) is 0.368. The highest BCUT2D eigenvalue weighted by Gasteiger charge is 2.48. The van der Waals surface area contributed by atoms with Gasteiger partial charge in [-0.05, 0) is 42.2 Å². The average Bonchev–Trinajstić information content (AvgIpc) is 3.30. The Balaban J connectivity index is 1.41. The van der Waals surface area contributed by atoms with Crippen LogP contribution < -0.4 is 9.80 Å². The van der Waals surface area contributed by atoms with Gasteiger partial charge in [-0.15, -0.1) is 0 Å². The third-order valence-electron chi connectivity index (χ3n) is 8.24. The fraction of sp³-hybridized carbons (Fsp3) is 0.281. The van der Waals surface area contributed by atoms with E-state index >= 15 is 0 Å². The van der Waals surface area contributed by atoms with Crippen LogP contribution in [0.2, 0.25) is 0 Å². The van der Waals surface area contributed by atoms with Gasteiger partial charge in [0.25, 0.3) is 5.91 Å². The molecule has 0 saturated carbocycles. The van der Waals surface area contributed by atoms with Crippen LogP contribution in [-0.2, 0) is 17.8 Å². The summed E-state index contributed by atoms with van der Waals surface area (Å²) >= 11 is 0. The number of hydrogen-bond donors (Lipinski definition) is 2. The van der Waals surface area contributed by atoms with Crippen molar-refractivity contribution in [1.29, 1.82) is 0 Å². The van der Waals surface area contributed by atoms with E-state index in [0.29, 0.717) is 17.6 Å². The van der Waals surface area contributed by atoms with Gasteiger partial charge >= 0.3 is 0 Å². The number of para-hydroxylation sites is 1. The maximum absolute atomic E-state index is 14.2. The minimum Gasteiger partial charge on any atom is -0.365 e. The summed E-state index contributed by atoms with van der Waals surface area (Å²) < 4.78 is 0.604. The molecule has 3 atom stereocenters. The molecule has 4 aromatic rings. The maximum Gasteiger partial charge on any atom is 0.278 e. The van der Waals surface area contributed by atoms with E-state index in [0.717, 1.165) is 32.5 Å². The summed E-state index contributed by atoms with van der Waals surface area (Å²) in [5.74, 6) is 0.229. The first kappa shape index (κ1) is 23.7. The van der Waals surface area contributed by atoms with Crippen LogP contribution >= 0.6 is 0 Å². The summed E-state index contributed by atoms with van der Waals surface area (Å²) in [5.41, 5.74) is 6.26. The van der Waals surface area contributed by atoms with Gasteiger partial charge in [0, 0.05) is 30.5 Å². The molecule has 1 fully saturated rings. The van der Waals surface area contributed by atoms with Crippen molar-refractivity contribution in [3.05, 3.63) is 126 Å². The van der Waals surface area contributed by atoms with Crippen LogP contribution in [0.15, 0.2) is 103 Å². The molecule has 2 aliphatic heterocycles. The van der Waals surface area contributed by atoms with Gasteiger partial charge in [-0.3, -0.25) is 14.6 Å². The number of carbonyl (C=O) groups is 1. The standard InChI is InChI=1S/C32H35N4O/c37-32(35-20-10-17-29-27(22-35)18-19-33-29)24-36(28-15-8-3-9-16-28)23-30(25-11-4-1-5-12-25)34-21-31(36)26-13-6-2-7-14-26/h1-9,11-16,18-19,30-31,33-34H,10,17,20-24H2/q+1. The largest absolute Gasteiger partial charge is 0.365 e. The number of piperazine rings is 1. The Kier molecular flexibility index (Phi) is 6.64. The van der Waals surface area contributed by atoms with Crippen molar-refractivity contribution in [1.82, 2.24) is 19.7 Å². The van der Waals surface area contributed by atoms with Gasteiger partial charge < -0.3 is 9.88 Å². The minimum absolute atomic E-state index is 0.127. The number of nitrogens with zero attached hydrogens (tertiary/aromatic N) is 2. The lowest BCUT2D eigenvalue weighted by Crippen LogP contribution is -2.65. The smallest absolute Gasteiger partial charge is 0.278 e. The van der Waals surface area contributed by atoms with Gasteiger partial charge in [-0.2, -0.15) is 0 Å². The molecule has 0 aliphatic carbocycles. The van der Waals surface area contributed by atoms with Gasteiger partial charge in [0.2, 0.25) is 0 Å². The summed E-state index contributed by atoms with van der Waals surface area (Å²) in [4.78, 5) is 19.7. The van der Waals surface area contributed by atoms with E-state index in [1.54, 1.807) is 0 Å². The zero-order valence-corrected chi connectivity index (χ0v) is 21.2. The topological polar surface area (TPSA) is 48.1 Å². The number of aromatic nitrogens is 1. The molecule has 0 radical (unpaired) electrons. The molecule has 5 nitrogen and oxygen atoms in total. The lowest BCUT2D eigenvalue weighted by atomic mass is 9.92. The van der Waals surface area contributed by atoms with E-state index < -0.39 is 0 Å². The van der Waals surface area contributed by atoms with E-state index in [2.05, 4.69) is 112 Å². The lowest BCUT2D eigenvalue weighted by Gasteiger charge is -2.50. The Labute approximate surface area is 219 Å². The fourth-order valence-corrected chi connectivity index (χ4v) is 6.31. The summed E-state index contributed by atoms with van der Waals surface area (Å²) in [6.07, 6.45) is 3.99. The van der Waals surface area contributed by atoms with Crippen molar-refractivity contribution in [2.24, 2.45) is 0 Å². The summed E-state index contributed by atoms with van der Waals surface area (Å²) in [6.45, 7) is 3.53. The number of aromatic amines is 1. The van der Waals surface area contributed by atoms with E-state index in [1.165, 1.54) is 28.1 Å². The zero-order valence-electron chi connectivity index (χ0n) is 21.2. The molecule has 3 unspecified atom stereocenters. The SMILES string of the molecule is O=C(C[N+]1(c2ccccc2)CC(c2ccccc2)NCC1c1ccccc1)N1CCCc2[nH]ccc2C1. The molecule has 1 aromatic heterocycles. The van der Waals surface area contributed by atoms with Gasteiger partial charge in [0.05, 0.1) is 12.6 Å². The second kappa shape index (κ2) is 10.4. The molecule has 2 aliphatic rings. The molecular weight excluding hydrogens is 456 g/mol. The van der Waals surface area contributed by atoms with E-state index in [4.69, 9.17) is 0 Å². The molecule has 0 bridgehead atoms. The van der Waals surface area contributed by atoms with Crippen LogP contribution in [0, 0.1) is 0 Å². The molecule has 6 rings (SSSR count). The Hall–Kier alpha value is -3.67. The molecule has 0 spiro atoms. The van der Waals surface area contributed by atoms with Gasteiger partial charge in [-0.25, -0.2) is 0 Å². The highest BCUT2D eigenvalue weighted by Crippen LogP contribution is 2.41. The van der Waals surface area contributed by atoms with E-state index in [9.17, 15) is 4.79 Å². The predicted molar refractivity (Wildman–Crippen MR) is 149 cm³/mol. The van der Waals surface area contributed by atoms with Crippen LogP contribution in [0.4, 0.5) is 5.69 Å². The Morgan fingerprint density at radius 2 is 1.54 bits per heavy atom. The van der Waals surface area contributed by atoms with Gasteiger partial charge in [0.1, 0.15) is 18.3 Å². The van der Waals surface area contributed by atoms with Gasteiger partial charge in [0.15, 0.2) is 6.54 Å². The van der Waals surface area contributed by atoms with Crippen molar-refractivity contribution >= 4 is 11.6 Å². The third-order valence-corrected chi connectivity index (χ3v) is 8.24. The number of fused-ring (bicyclic) bond motifs is 1. The molecular formula is C32H35N4O+. The predicted octanol–water partition coefficient (Wildman–Crippen LogP) is 5.38. The summed E-state index contributed by atoms with van der Waals surface area (Å²) in [5, 5.41) is 3.84. The van der Waals surface area contributed by atoms with Gasteiger partial charge in [-0.1, -0.05) is 78.9 Å². The highest BCUT2D eigenvalue weighted by molar-refractivity contribution is 5.81. The highest BCUT2D eigenvalue weighted by atomic mass is 16.2. The maximum atomic E-state index is 14.2. The van der Waals surface area contributed by atoms with E-state index in [-0.39, 0.29) is 18.0 Å². The second-order valence-electron chi connectivity index (χ2n) is 10.4. The van der Waals surface area contributed by atoms with Crippen LogP contribution in [0.3, 0.4) is 0 Å². The number of aryl methyl sites for hydroxylation is 1. The van der Waals surface area contributed by atoms with Crippen molar-refractivity contribution in [2.75, 3.05) is 26.2 Å². The molecule has 3 heterocycles. The molecule has 37 heavy (non-hydrogen) atoms. The normalized spacial score (nSPS) is 23.7. The number of H-pyrrole nitrogens is 1. The number of rotatable bonds is 5. The van der Waals surface area contributed by atoms with Crippen LogP contribution in [0.25, 0.3) is 0 Å². The Morgan fingerprint density at radius 3 is 2.27 bits per heavy atom. The monoisotopic (exact) mass is 491 g/mol. The first-order valence-electron chi connectivity index (χ1n) is 13.4. The second-order valence-corrected chi connectivity index (χ2v) is 10.4. The molecule has 1 amide bonds. The van der Waals surface area contributed by atoms with E-state index in [1.807, 2.05) is 6.20 Å². The minimum atomic E-state index is 0.127. The fourth-order valence-electron chi connectivity index (χ4n) is 6.31. The van der Waals surface area contributed by atoms with Crippen LogP contribution in [0.5, 0.6) is 0 Å². The molecule has 188 valence electrons. The van der Waals surface area contributed by atoms with Crippen molar-refractivity contribution in [3.63, 3.8) is 0 Å². The Morgan fingerprint density at radius 1 is 0.865 bits per heavy atom. The average molecular weight is 492 g/mol. The first-order chi connectivity index (χ1) is 18.2. The first-order valence-corrected chi connectivity index (χ1v) is 13.4. The summed E-state index contributed by atoms with van der Waals surface area (Å²) in [7, 11) is 0. The van der Waals surface area contributed by atoms with Crippen LogP contribution in [-0.4, -0.2) is 42.0 Å². The summed E-state index contributed by atoms with van der Waals surface area (Å²) in [6, 6.07) is 34.5. The number of quaternary nitrogens is 1. The van der Waals surface area contributed by atoms with Crippen molar-refractivity contribution < 1.29 is 4.79 Å².